The molecule has 1 aliphatic heterocycles. The van der Waals surface area contributed by atoms with Gasteiger partial charge < -0.3 is 15.8 Å². The van der Waals surface area contributed by atoms with Crippen LogP contribution in [0, 0.1) is 5.41 Å². The average molecular weight is 291 g/mol. The van der Waals surface area contributed by atoms with E-state index in [1.807, 2.05) is 31.2 Å². The van der Waals surface area contributed by atoms with E-state index in [-0.39, 0.29) is 11.9 Å². The molecule has 3 N–H and O–H groups in total. The number of thiazole rings is 1. The number of hydrogen-bond acceptors (Lipinski definition) is 5. The molecule has 2 atom stereocenters. The Morgan fingerprint density at radius 1 is 1.60 bits per heavy atom. The van der Waals surface area contributed by atoms with Gasteiger partial charge in [-0.25, -0.2) is 4.98 Å². The number of nitrogens with two attached hydrogens (primary N) is 1. The van der Waals surface area contributed by atoms with Crippen molar-refractivity contribution in [3.8, 4) is 0 Å². The third-order valence-corrected chi connectivity index (χ3v) is 4.81. The molecule has 106 valence electrons. The molecular formula is C14H17N3O2S. The first-order valence-corrected chi connectivity index (χ1v) is 7.37. The van der Waals surface area contributed by atoms with Gasteiger partial charge in [0.2, 0.25) is 5.91 Å². The molecule has 1 aliphatic rings. The van der Waals surface area contributed by atoms with Crippen LogP contribution in [0.15, 0.2) is 24.3 Å². The summed E-state index contributed by atoms with van der Waals surface area (Å²) in [6.45, 7) is 3.09. The molecule has 6 heteroatoms. The van der Waals surface area contributed by atoms with Crippen molar-refractivity contribution in [2.45, 2.75) is 19.5 Å². The Labute approximate surface area is 121 Å². The molecule has 1 saturated heterocycles. The lowest BCUT2D eigenvalue weighted by Crippen LogP contribution is -2.49. The van der Waals surface area contributed by atoms with E-state index >= 15 is 0 Å². The molecule has 2 aromatic rings. The van der Waals surface area contributed by atoms with Gasteiger partial charge in [-0.2, -0.15) is 0 Å². The van der Waals surface area contributed by atoms with E-state index in [9.17, 15) is 4.79 Å². The highest BCUT2D eigenvalue weighted by Crippen LogP contribution is 2.27. The molecule has 2 unspecified atom stereocenters. The number of amides is 1. The topological polar surface area (TPSA) is 77.2 Å². The molecule has 1 amide bonds. The maximum absolute atomic E-state index is 12.3. The summed E-state index contributed by atoms with van der Waals surface area (Å²) in [5, 5.41) is 3.82. The smallest absolute Gasteiger partial charge is 0.230 e. The molecule has 2 heterocycles. The standard InChI is InChI=1S/C14H17N3O2S/c1-14(8-19-7-11(14)15)13(18)16-6-12-17-9-4-2-3-5-10(9)20-12/h2-5,11H,6-8,15H2,1H3,(H,16,18). The number of para-hydroxylation sites is 1. The van der Waals surface area contributed by atoms with E-state index in [2.05, 4.69) is 10.3 Å². The highest BCUT2D eigenvalue weighted by molar-refractivity contribution is 7.18. The fraction of sp³-hybridized carbons (Fsp3) is 0.429. The summed E-state index contributed by atoms with van der Waals surface area (Å²) >= 11 is 1.59. The van der Waals surface area contributed by atoms with E-state index in [4.69, 9.17) is 10.5 Å². The number of carbonyl (C=O) groups is 1. The lowest BCUT2D eigenvalue weighted by Gasteiger charge is -2.25. The van der Waals surface area contributed by atoms with Crippen molar-refractivity contribution in [2.24, 2.45) is 11.1 Å². The van der Waals surface area contributed by atoms with Crippen molar-refractivity contribution in [1.29, 1.82) is 0 Å². The second kappa shape index (κ2) is 5.12. The lowest BCUT2D eigenvalue weighted by molar-refractivity contribution is -0.130. The zero-order valence-electron chi connectivity index (χ0n) is 11.3. The van der Waals surface area contributed by atoms with Crippen LogP contribution in [0.1, 0.15) is 11.9 Å². The molecule has 0 radical (unpaired) electrons. The third kappa shape index (κ3) is 2.30. The lowest BCUT2D eigenvalue weighted by atomic mass is 9.85. The predicted molar refractivity (Wildman–Crippen MR) is 78.4 cm³/mol. The molecule has 3 rings (SSSR count). The first-order valence-electron chi connectivity index (χ1n) is 6.56. The highest BCUT2D eigenvalue weighted by atomic mass is 32.1. The number of benzene rings is 1. The molecule has 5 nitrogen and oxygen atoms in total. The number of rotatable bonds is 3. The average Bonchev–Trinajstić information content (AvgIpc) is 3.00. The van der Waals surface area contributed by atoms with E-state index < -0.39 is 5.41 Å². The van der Waals surface area contributed by atoms with Crippen LogP contribution in [0.5, 0.6) is 0 Å². The summed E-state index contributed by atoms with van der Waals surface area (Å²) in [4.78, 5) is 16.8. The molecule has 0 saturated carbocycles. The Bertz CT molecular complexity index is 609. The maximum Gasteiger partial charge on any atom is 0.230 e. The molecule has 20 heavy (non-hydrogen) atoms. The van der Waals surface area contributed by atoms with Gasteiger partial charge in [0.05, 0.1) is 35.4 Å². The van der Waals surface area contributed by atoms with Crippen LogP contribution in [-0.4, -0.2) is 30.1 Å². The van der Waals surface area contributed by atoms with Crippen molar-refractivity contribution in [3.63, 3.8) is 0 Å². The Balaban J connectivity index is 1.68. The maximum atomic E-state index is 12.3. The molecule has 0 bridgehead atoms. The van der Waals surface area contributed by atoms with Gasteiger partial charge in [0, 0.05) is 6.04 Å². The van der Waals surface area contributed by atoms with E-state index in [0.29, 0.717) is 19.8 Å². The molecule has 1 fully saturated rings. The fourth-order valence-electron chi connectivity index (χ4n) is 2.28. The number of fused-ring (bicyclic) bond motifs is 1. The summed E-state index contributed by atoms with van der Waals surface area (Å²) in [5.41, 5.74) is 6.27. The predicted octanol–water partition coefficient (Wildman–Crippen LogP) is 1.28. The minimum absolute atomic E-state index is 0.0678. The number of hydrogen-bond donors (Lipinski definition) is 2. The van der Waals surface area contributed by atoms with Gasteiger partial charge >= 0.3 is 0 Å². The van der Waals surface area contributed by atoms with Crippen LogP contribution in [0.3, 0.4) is 0 Å². The minimum atomic E-state index is -0.642. The number of aromatic nitrogens is 1. The zero-order valence-corrected chi connectivity index (χ0v) is 12.1. The number of nitrogens with one attached hydrogen (secondary N) is 1. The van der Waals surface area contributed by atoms with E-state index in [0.717, 1.165) is 15.2 Å². The molecular weight excluding hydrogens is 274 g/mol. The number of carbonyl (C=O) groups excluding carboxylic acids is 1. The second-order valence-electron chi connectivity index (χ2n) is 5.30. The van der Waals surface area contributed by atoms with Crippen LogP contribution in [0.25, 0.3) is 10.2 Å². The van der Waals surface area contributed by atoms with Gasteiger partial charge in [0.25, 0.3) is 0 Å². The fourth-order valence-corrected chi connectivity index (χ4v) is 3.18. The zero-order chi connectivity index (χ0) is 14.2. The van der Waals surface area contributed by atoms with E-state index in [1.54, 1.807) is 11.3 Å². The second-order valence-corrected chi connectivity index (χ2v) is 6.41. The van der Waals surface area contributed by atoms with Crippen LogP contribution in [0.4, 0.5) is 0 Å². The third-order valence-electron chi connectivity index (χ3n) is 3.77. The van der Waals surface area contributed by atoms with Crippen LogP contribution < -0.4 is 11.1 Å². The Morgan fingerprint density at radius 2 is 2.40 bits per heavy atom. The van der Waals surface area contributed by atoms with Gasteiger partial charge in [-0.15, -0.1) is 11.3 Å². The Kier molecular flexibility index (Phi) is 3.45. The van der Waals surface area contributed by atoms with Gasteiger partial charge in [-0.3, -0.25) is 4.79 Å². The monoisotopic (exact) mass is 291 g/mol. The first-order chi connectivity index (χ1) is 9.59. The molecule has 0 aliphatic carbocycles. The summed E-state index contributed by atoms with van der Waals surface area (Å²) < 4.78 is 6.42. The molecule has 1 aromatic carbocycles. The van der Waals surface area contributed by atoms with Gasteiger partial charge in [0.15, 0.2) is 0 Å². The largest absolute Gasteiger partial charge is 0.379 e. The van der Waals surface area contributed by atoms with Crippen molar-refractivity contribution in [1.82, 2.24) is 10.3 Å². The Morgan fingerprint density at radius 3 is 3.10 bits per heavy atom. The summed E-state index contributed by atoms with van der Waals surface area (Å²) in [6, 6.07) is 7.69. The normalized spacial score (nSPS) is 26.0. The van der Waals surface area contributed by atoms with Crippen LogP contribution >= 0.6 is 11.3 Å². The summed E-state index contributed by atoms with van der Waals surface area (Å²) in [7, 11) is 0. The summed E-state index contributed by atoms with van der Waals surface area (Å²) in [5.74, 6) is -0.0678. The van der Waals surface area contributed by atoms with E-state index in [1.165, 1.54) is 0 Å². The quantitative estimate of drug-likeness (QED) is 0.893. The number of nitrogens with zero attached hydrogens (tertiary/aromatic N) is 1. The van der Waals surface area contributed by atoms with Gasteiger partial charge in [-0.05, 0) is 19.1 Å². The first kappa shape index (κ1) is 13.5. The highest BCUT2D eigenvalue weighted by Gasteiger charge is 2.44. The van der Waals surface area contributed by atoms with Crippen molar-refractivity contribution in [2.75, 3.05) is 13.2 Å². The van der Waals surface area contributed by atoms with Crippen LogP contribution in [0.2, 0.25) is 0 Å². The summed E-state index contributed by atoms with van der Waals surface area (Å²) in [6.07, 6.45) is 0. The number of ether oxygens (including phenoxy) is 1. The SMILES string of the molecule is CC1(C(=O)NCc2nc3ccccc3s2)COCC1N. The minimum Gasteiger partial charge on any atom is -0.379 e. The van der Waals surface area contributed by atoms with Crippen LogP contribution in [-0.2, 0) is 16.1 Å². The van der Waals surface area contributed by atoms with Gasteiger partial charge in [-0.1, -0.05) is 12.1 Å². The van der Waals surface area contributed by atoms with Crippen molar-refractivity contribution < 1.29 is 9.53 Å². The Hall–Kier alpha value is -1.50. The van der Waals surface area contributed by atoms with Gasteiger partial charge in [0.1, 0.15) is 5.01 Å². The van der Waals surface area contributed by atoms with Crippen molar-refractivity contribution in [3.05, 3.63) is 29.3 Å². The molecule has 0 spiro atoms. The molecule has 1 aromatic heterocycles. The van der Waals surface area contributed by atoms with Crippen molar-refractivity contribution >= 4 is 27.5 Å².